The first-order chi connectivity index (χ1) is 19.0. The van der Waals surface area contributed by atoms with Crippen LogP contribution in [0.2, 0.25) is 0 Å². The molecule has 0 bridgehead atoms. The number of benzene rings is 2. The van der Waals surface area contributed by atoms with E-state index in [1.807, 2.05) is 18.2 Å². The minimum absolute atomic E-state index is 0.0747. The molecule has 0 aliphatic heterocycles. The molecule has 0 spiro atoms. The Morgan fingerprint density at radius 2 is 1.10 bits per heavy atom. The molecule has 0 heterocycles. The van der Waals surface area contributed by atoms with Crippen molar-refractivity contribution in [2.75, 3.05) is 7.11 Å². The zero-order valence-electron chi connectivity index (χ0n) is 23.8. The maximum absolute atomic E-state index is 13.1. The van der Waals surface area contributed by atoms with Crippen molar-refractivity contribution >= 4 is 11.8 Å². The summed E-state index contributed by atoms with van der Waals surface area (Å²) in [6, 6.07) is 10.5. The predicted molar refractivity (Wildman–Crippen MR) is 156 cm³/mol. The lowest BCUT2D eigenvalue weighted by Gasteiger charge is -2.12. The minimum Gasteiger partial charge on any atom is -0.504 e. The van der Waals surface area contributed by atoms with Gasteiger partial charge in [-0.3, -0.25) is 9.59 Å². The Kier molecular flexibility index (Phi) is 15.8. The number of phenolic OH excluding ortho intramolecular Hbond substituents is 2. The van der Waals surface area contributed by atoms with E-state index in [4.69, 9.17) is 9.84 Å². The number of rotatable bonds is 22. The highest BCUT2D eigenvalue weighted by atomic mass is 16.5. The number of methoxy groups -OCH3 is 1. The molecule has 0 amide bonds. The topological polar surface area (TPSA) is 104 Å². The van der Waals surface area contributed by atoms with Crippen molar-refractivity contribution in [3.8, 4) is 17.2 Å². The lowest BCUT2D eigenvalue weighted by molar-refractivity contribution is -0.137. The molecule has 0 atom stereocenters. The highest BCUT2D eigenvalue weighted by Gasteiger charge is 2.21. The minimum atomic E-state index is -0.681. The van der Waals surface area contributed by atoms with Crippen molar-refractivity contribution in [2.45, 2.75) is 116 Å². The van der Waals surface area contributed by atoms with Crippen molar-refractivity contribution in [3.63, 3.8) is 0 Å². The maximum Gasteiger partial charge on any atom is 0.303 e. The van der Waals surface area contributed by atoms with Crippen LogP contribution in [0.1, 0.15) is 131 Å². The largest absolute Gasteiger partial charge is 0.504 e. The van der Waals surface area contributed by atoms with Gasteiger partial charge in [0.25, 0.3) is 0 Å². The zero-order valence-corrected chi connectivity index (χ0v) is 23.8. The molecule has 0 aromatic heterocycles. The molecule has 0 saturated heterocycles. The van der Waals surface area contributed by atoms with Crippen LogP contribution < -0.4 is 4.74 Å². The zero-order chi connectivity index (χ0) is 28.3. The second-order valence-electron chi connectivity index (χ2n) is 10.5. The fourth-order valence-electron chi connectivity index (χ4n) is 5.08. The van der Waals surface area contributed by atoms with E-state index in [9.17, 15) is 19.8 Å². The van der Waals surface area contributed by atoms with Crippen LogP contribution in [-0.4, -0.2) is 34.2 Å². The van der Waals surface area contributed by atoms with E-state index >= 15 is 0 Å². The average Bonchev–Trinajstić information content (AvgIpc) is 2.93. The summed E-state index contributed by atoms with van der Waals surface area (Å²) in [5.74, 6) is -1.71. The maximum atomic E-state index is 13.1. The molecular weight excluding hydrogens is 492 g/mol. The van der Waals surface area contributed by atoms with Gasteiger partial charge >= 0.3 is 5.97 Å². The van der Waals surface area contributed by atoms with Crippen LogP contribution in [0.25, 0.3) is 0 Å². The van der Waals surface area contributed by atoms with E-state index in [-0.39, 0.29) is 17.1 Å². The number of aromatic hydroxyl groups is 2. The molecule has 0 aliphatic rings. The van der Waals surface area contributed by atoms with Gasteiger partial charge in [0, 0.05) is 12.0 Å². The summed E-state index contributed by atoms with van der Waals surface area (Å²) >= 11 is 0. The lowest BCUT2D eigenvalue weighted by atomic mass is 9.94. The molecule has 216 valence electrons. The van der Waals surface area contributed by atoms with E-state index in [1.165, 1.54) is 89.9 Å². The summed E-state index contributed by atoms with van der Waals surface area (Å²) in [5, 5.41) is 29.0. The molecule has 3 N–H and O–H groups in total. The SMILES string of the molecule is COc1ccc(C(=O)c2ccccc2CCCCCCCCCCCCCCCCCCC(=O)O)c(O)c1O. The van der Waals surface area contributed by atoms with Gasteiger partial charge in [-0.25, -0.2) is 0 Å². The summed E-state index contributed by atoms with van der Waals surface area (Å²) < 4.78 is 5.00. The van der Waals surface area contributed by atoms with Gasteiger partial charge in [-0.1, -0.05) is 114 Å². The molecule has 6 heteroatoms. The third kappa shape index (κ3) is 12.1. The van der Waals surface area contributed by atoms with E-state index < -0.39 is 17.5 Å². The second kappa shape index (κ2) is 19.1. The van der Waals surface area contributed by atoms with E-state index in [0.717, 1.165) is 44.1 Å². The number of carbonyl (C=O) groups excluding carboxylic acids is 1. The number of unbranched alkanes of at least 4 members (excludes halogenated alkanes) is 15. The normalized spacial score (nSPS) is 11.0. The van der Waals surface area contributed by atoms with Gasteiger partial charge in [-0.15, -0.1) is 0 Å². The Bertz CT molecular complexity index is 1000. The second-order valence-corrected chi connectivity index (χ2v) is 10.5. The lowest BCUT2D eigenvalue weighted by Crippen LogP contribution is -2.06. The van der Waals surface area contributed by atoms with Gasteiger partial charge in [0.1, 0.15) is 0 Å². The number of carboxylic acid groups (broad SMARTS) is 1. The molecule has 0 aliphatic carbocycles. The monoisotopic (exact) mass is 540 g/mol. The number of ketones is 1. The number of carboxylic acids is 1. The van der Waals surface area contributed by atoms with Gasteiger partial charge in [0.15, 0.2) is 17.3 Å². The van der Waals surface area contributed by atoms with Crippen LogP contribution in [-0.2, 0) is 11.2 Å². The van der Waals surface area contributed by atoms with Gasteiger partial charge in [-0.2, -0.15) is 0 Å². The van der Waals surface area contributed by atoms with Crippen molar-refractivity contribution in [2.24, 2.45) is 0 Å². The number of aliphatic carboxylic acids is 1. The summed E-state index contributed by atoms with van der Waals surface area (Å²) in [5.41, 5.74) is 1.61. The third-order valence-electron chi connectivity index (χ3n) is 7.43. The number of aryl methyl sites for hydroxylation is 1. The molecule has 0 fully saturated rings. The fraction of sp³-hybridized carbons (Fsp3) is 0.576. The first-order valence-corrected chi connectivity index (χ1v) is 14.9. The van der Waals surface area contributed by atoms with Crippen LogP contribution in [0.5, 0.6) is 17.2 Å². The van der Waals surface area contributed by atoms with Crippen molar-refractivity contribution in [1.82, 2.24) is 0 Å². The first kappa shape index (κ1) is 32.2. The average molecular weight is 541 g/mol. The molecule has 2 aromatic rings. The number of ether oxygens (including phenoxy) is 1. The van der Waals surface area contributed by atoms with Crippen molar-refractivity contribution in [3.05, 3.63) is 53.1 Å². The molecule has 2 aromatic carbocycles. The molecule has 39 heavy (non-hydrogen) atoms. The molecule has 0 saturated carbocycles. The van der Waals surface area contributed by atoms with Crippen LogP contribution in [0.3, 0.4) is 0 Å². The van der Waals surface area contributed by atoms with E-state index in [1.54, 1.807) is 6.07 Å². The Labute approximate surface area is 234 Å². The summed E-state index contributed by atoms with van der Waals surface area (Å²) in [7, 11) is 1.40. The van der Waals surface area contributed by atoms with E-state index in [0.29, 0.717) is 12.0 Å². The quantitative estimate of drug-likeness (QED) is 0.0785. The Hall–Kier alpha value is -3.02. The molecule has 2 rings (SSSR count). The third-order valence-corrected chi connectivity index (χ3v) is 7.43. The van der Waals surface area contributed by atoms with E-state index in [2.05, 4.69) is 0 Å². The van der Waals surface area contributed by atoms with Crippen LogP contribution in [0.4, 0.5) is 0 Å². The molecule has 6 nitrogen and oxygen atoms in total. The Morgan fingerprint density at radius 3 is 1.62 bits per heavy atom. The number of carbonyl (C=O) groups is 2. The van der Waals surface area contributed by atoms with Gasteiger partial charge in [0.2, 0.25) is 5.75 Å². The predicted octanol–water partition coefficient (Wildman–Crippen LogP) is 8.60. The summed E-state index contributed by atoms with van der Waals surface area (Å²) in [6.07, 6.45) is 20.4. The van der Waals surface area contributed by atoms with Gasteiger partial charge in [-0.05, 0) is 37.0 Å². The van der Waals surface area contributed by atoms with Crippen LogP contribution >= 0.6 is 0 Å². The standard InChI is InChI=1S/C33H48O6/c1-39-29-25-24-28(32(37)33(29)38)31(36)27-22-19-18-21-26(27)20-16-14-12-10-8-6-4-2-3-5-7-9-11-13-15-17-23-30(34)35/h18-19,21-22,24-25,37-38H,2-17,20,23H2,1H3,(H,34,35). The van der Waals surface area contributed by atoms with Crippen LogP contribution in [0, 0.1) is 0 Å². The number of hydrogen-bond donors (Lipinski definition) is 3. The first-order valence-electron chi connectivity index (χ1n) is 14.9. The molecule has 0 unspecified atom stereocenters. The summed E-state index contributed by atoms with van der Waals surface area (Å²) in [6.45, 7) is 0. The highest BCUT2D eigenvalue weighted by molar-refractivity contribution is 6.12. The fourth-order valence-corrected chi connectivity index (χ4v) is 5.08. The van der Waals surface area contributed by atoms with Gasteiger partial charge in [0.05, 0.1) is 12.7 Å². The van der Waals surface area contributed by atoms with Crippen LogP contribution in [0.15, 0.2) is 36.4 Å². The summed E-state index contributed by atoms with van der Waals surface area (Å²) in [4.78, 5) is 23.6. The Balaban J connectivity index is 1.53. The number of hydrogen-bond acceptors (Lipinski definition) is 5. The number of phenols is 2. The molecule has 0 radical (unpaired) electrons. The van der Waals surface area contributed by atoms with Crippen molar-refractivity contribution < 1.29 is 29.6 Å². The highest BCUT2D eigenvalue weighted by Crippen LogP contribution is 2.39. The molecular formula is C33H48O6. The van der Waals surface area contributed by atoms with Crippen molar-refractivity contribution in [1.29, 1.82) is 0 Å². The smallest absolute Gasteiger partial charge is 0.303 e. The Morgan fingerprint density at radius 1 is 0.615 bits per heavy atom. The van der Waals surface area contributed by atoms with Gasteiger partial charge < -0.3 is 20.1 Å².